The summed E-state index contributed by atoms with van der Waals surface area (Å²) in [6.07, 6.45) is 17.5. The summed E-state index contributed by atoms with van der Waals surface area (Å²) < 4.78 is 0.883. The highest BCUT2D eigenvalue weighted by Crippen LogP contribution is 2.16. The molecule has 0 fully saturated rings. The highest BCUT2D eigenvalue weighted by molar-refractivity contribution is 14.1. The van der Waals surface area contributed by atoms with Crippen LogP contribution in [0.4, 0.5) is 0 Å². The van der Waals surface area contributed by atoms with Crippen molar-refractivity contribution in [3.05, 3.63) is 0 Å². The predicted molar refractivity (Wildman–Crippen MR) is 107 cm³/mol. The molecule has 0 aliphatic carbocycles. The van der Waals surface area contributed by atoms with Gasteiger partial charge >= 0.3 is 0 Å². The van der Waals surface area contributed by atoms with Crippen LogP contribution in [-0.2, 0) is 0 Å². The molecule has 0 amide bonds. The monoisotopic (exact) mass is 553 g/mol. The second-order valence-corrected chi connectivity index (χ2v) is 9.07. The van der Waals surface area contributed by atoms with Crippen LogP contribution in [0.3, 0.4) is 0 Å². The summed E-state index contributed by atoms with van der Waals surface area (Å²) in [6.45, 7) is 3.20. The Morgan fingerprint density at radius 1 is 0.739 bits per heavy atom. The molecule has 0 saturated heterocycles. The van der Waals surface area contributed by atoms with Crippen molar-refractivity contribution in [3.63, 3.8) is 0 Å². The lowest BCUT2D eigenvalue weighted by molar-refractivity contribution is -0.858. The lowest BCUT2D eigenvalue weighted by Gasteiger charge is -2.11. The van der Waals surface area contributed by atoms with Crippen molar-refractivity contribution in [2.45, 2.75) is 100 Å². The van der Waals surface area contributed by atoms with Crippen molar-refractivity contribution < 1.29 is 34.0 Å². The molecule has 0 bridgehead atoms. The number of alkyl halides is 1. The zero-order chi connectivity index (χ0) is 16.6. The molecule has 0 aromatic heterocycles. The van der Waals surface area contributed by atoms with Gasteiger partial charge in [0.15, 0.2) is 0 Å². The van der Waals surface area contributed by atoms with E-state index < -0.39 is 0 Å². The van der Waals surface area contributed by atoms with Crippen molar-refractivity contribution in [1.82, 2.24) is 0 Å². The van der Waals surface area contributed by atoms with Gasteiger partial charge in [-0.05, 0) is 19.8 Å². The summed E-state index contributed by atoms with van der Waals surface area (Å²) in [5, 5.41) is 9.18. The molecular formula is C19H41I2NO. The fourth-order valence-corrected chi connectivity index (χ4v) is 3.56. The number of quaternary nitrogens is 1. The van der Waals surface area contributed by atoms with Crippen LogP contribution in [0.2, 0.25) is 0 Å². The summed E-state index contributed by atoms with van der Waals surface area (Å²) in [6, 6.07) is 0. The van der Waals surface area contributed by atoms with E-state index in [1.807, 2.05) is 6.92 Å². The fraction of sp³-hybridized carbons (Fsp3) is 1.00. The van der Waals surface area contributed by atoms with E-state index in [1.54, 1.807) is 4.90 Å². The Bertz CT molecular complexity index is 225. The van der Waals surface area contributed by atoms with Gasteiger partial charge < -0.3 is 34.0 Å². The Hall–Kier alpha value is 1.38. The summed E-state index contributed by atoms with van der Waals surface area (Å²) in [7, 11) is 4.49. The van der Waals surface area contributed by atoms with Crippen molar-refractivity contribution >= 4 is 22.6 Å². The van der Waals surface area contributed by atoms with Crippen molar-refractivity contribution in [1.29, 1.82) is 0 Å². The maximum Gasteiger partial charge on any atom is 0.0776 e. The van der Waals surface area contributed by atoms with E-state index in [0.29, 0.717) is 0 Å². The lowest BCUT2D eigenvalue weighted by atomic mass is 10.0. The van der Waals surface area contributed by atoms with Gasteiger partial charge in [0.05, 0.1) is 26.7 Å². The van der Waals surface area contributed by atoms with Gasteiger partial charge in [-0.25, -0.2) is 0 Å². The van der Waals surface area contributed by atoms with Gasteiger partial charge in [-0.1, -0.05) is 86.8 Å². The minimum absolute atomic E-state index is 0. The predicted octanol–water partition coefficient (Wildman–Crippen LogP) is 1.39. The van der Waals surface area contributed by atoms with E-state index in [0.717, 1.165) is 10.3 Å². The molecule has 2 unspecified atom stereocenters. The highest BCUT2D eigenvalue weighted by Gasteiger charge is 2.05. The van der Waals surface area contributed by atoms with Crippen LogP contribution >= 0.6 is 22.6 Å². The summed E-state index contributed by atoms with van der Waals surface area (Å²) in [5.74, 6) is 0. The third-order valence-corrected chi connectivity index (χ3v) is 5.59. The zero-order valence-corrected chi connectivity index (χ0v) is 20.1. The average molecular weight is 553 g/mol. The molecule has 0 saturated carbocycles. The largest absolute Gasteiger partial charge is 1.00 e. The normalized spacial score (nSPS) is 13.8. The molecule has 23 heavy (non-hydrogen) atoms. The Balaban J connectivity index is 0. The molecule has 0 aromatic carbocycles. The number of aliphatic hydroxyl groups excluding tert-OH is 1. The number of nitrogens with one attached hydrogen (secondary N) is 1. The summed E-state index contributed by atoms with van der Waals surface area (Å²) in [5.41, 5.74) is 0. The number of hydrogen-bond donors (Lipinski definition) is 2. The Morgan fingerprint density at radius 2 is 1.13 bits per heavy atom. The Kier molecular flexibility index (Phi) is 22.8. The third-order valence-electron chi connectivity index (χ3n) is 4.35. The summed E-state index contributed by atoms with van der Waals surface area (Å²) in [4.78, 5) is 1.58. The fourth-order valence-electron chi connectivity index (χ4n) is 2.81. The van der Waals surface area contributed by atoms with E-state index in [1.165, 1.54) is 83.6 Å². The van der Waals surface area contributed by atoms with Gasteiger partial charge in [0.2, 0.25) is 0 Å². The molecule has 0 spiro atoms. The molecule has 0 aliphatic heterocycles. The van der Waals surface area contributed by atoms with Gasteiger partial charge in [0.1, 0.15) is 0 Å². The number of aliphatic hydroxyl groups is 1. The Morgan fingerprint density at radius 3 is 1.52 bits per heavy atom. The van der Waals surface area contributed by atoms with E-state index in [-0.39, 0.29) is 30.1 Å². The van der Waals surface area contributed by atoms with Crippen molar-refractivity contribution in [2.75, 3.05) is 20.6 Å². The first-order chi connectivity index (χ1) is 10.5. The van der Waals surface area contributed by atoms with Crippen LogP contribution in [0.1, 0.15) is 90.4 Å². The molecule has 0 radical (unpaired) electrons. The van der Waals surface area contributed by atoms with Crippen molar-refractivity contribution in [2.24, 2.45) is 0 Å². The van der Waals surface area contributed by atoms with Crippen LogP contribution in [-0.4, -0.2) is 35.8 Å². The average Bonchev–Trinajstić information content (AvgIpc) is 2.45. The van der Waals surface area contributed by atoms with Gasteiger partial charge in [-0.3, -0.25) is 0 Å². The van der Waals surface area contributed by atoms with Crippen LogP contribution in [0.25, 0.3) is 0 Å². The van der Waals surface area contributed by atoms with Gasteiger partial charge in [-0.15, -0.1) is 0 Å². The topological polar surface area (TPSA) is 24.7 Å². The van der Waals surface area contributed by atoms with Crippen LogP contribution in [0, 0.1) is 0 Å². The molecule has 0 aromatic rings. The molecule has 0 rings (SSSR count). The first kappa shape index (κ1) is 26.6. The molecule has 142 valence electrons. The van der Waals surface area contributed by atoms with E-state index in [9.17, 15) is 5.11 Å². The number of halogens is 2. The molecule has 4 heteroatoms. The van der Waals surface area contributed by atoms with Crippen LogP contribution < -0.4 is 28.9 Å². The standard InChI is InChI=1S/C19H40INO.HI/c1-18(22)14-12-10-8-6-4-5-7-9-11-13-15-19(20)16-17-21(2)3;/h18-19,22H,4-17H2,1-3H3;1H. The van der Waals surface area contributed by atoms with Gasteiger partial charge in [0, 0.05) is 10.3 Å². The third kappa shape index (κ3) is 23.4. The molecule has 2 N–H and O–H groups in total. The smallest absolute Gasteiger partial charge is 0.0776 e. The summed E-state index contributed by atoms with van der Waals surface area (Å²) >= 11 is 2.64. The van der Waals surface area contributed by atoms with E-state index in [2.05, 4.69) is 36.7 Å². The van der Waals surface area contributed by atoms with E-state index in [4.69, 9.17) is 0 Å². The highest BCUT2D eigenvalue weighted by atomic mass is 127. The second-order valence-electron chi connectivity index (χ2n) is 7.30. The zero-order valence-electron chi connectivity index (χ0n) is 15.8. The maximum absolute atomic E-state index is 9.18. The van der Waals surface area contributed by atoms with Gasteiger partial charge in [-0.2, -0.15) is 0 Å². The molecular weight excluding hydrogens is 512 g/mol. The molecule has 2 nitrogen and oxygen atoms in total. The minimum Gasteiger partial charge on any atom is -1.00 e. The number of hydrogen-bond acceptors (Lipinski definition) is 1. The molecule has 0 aliphatic rings. The second kappa shape index (κ2) is 19.7. The quantitative estimate of drug-likeness (QED) is 0.169. The van der Waals surface area contributed by atoms with Crippen LogP contribution in [0.15, 0.2) is 0 Å². The first-order valence-corrected chi connectivity index (χ1v) is 10.9. The minimum atomic E-state index is -0.105. The van der Waals surface area contributed by atoms with Crippen molar-refractivity contribution in [3.8, 4) is 0 Å². The number of unbranched alkanes of at least 4 members (excludes halogenated alkanes) is 9. The van der Waals surface area contributed by atoms with Crippen LogP contribution in [0.5, 0.6) is 0 Å². The SMILES string of the molecule is CC(O)CCCCCCCCCCCCC(I)CC[NH+](C)C.[I-]. The number of rotatable bonds is 16. The first-order valence-electron chi connectivity index (χ1n) is 9.63. The molecule has 0 heterocycles. The maximum atomic E-state index is 9.18. The van der Waals surface area contributed by atoms with E-state index >= 15 is 0 Å². The Labute approximate surface area is 176 Å². The van der Waals surface area contributed by atoms with Gasteiger partial charge in [0.25, 0.3) is 0 Å². The molecule has 2 atom stereocenters. The lowest BCUT2D eigenvalue weighted by Crippen LogP contribution is -3.05.